The molecule has 25 heavy (non-hydrogen) atoms. The molecule has 1 heterocycles. The van der Waals surface area contributed by atoms with Crippen LogP contribution in [0.15, 0.2) is 91.1 Å². The van der Waals surface area contributed by atoms with Crippen LogP contribution >= 0.6 is 0 Å². The lowest BCUT2D eigenvalue weighted by atomic mass is 10.0. The molecular weight excluding hydrogens is 306 g/mol. The quantitative estimate of drug-likeness (QED) is 0.429. The Hall–Kier alpha value is -3.39. The molecule has 0 saturated carbocycles. The van der Waals surface area contributed by atoms with E-state index < -0.39 is 0 Å². The number of ketones is 1. The average Bonchev–Trinajstić information content (AvgIpc) is 3.20. The van der Waals surface area contributed by atoms with Crippen molar-refractivity contribution in [3.05, 3.63) is 102 Å². The van der Waals surface area contributed by atoms with Crippen molar-refractivity contribution < 1.29 is 4.79 Å². The molecule has 0 N–H and O–H groups in total. The summed E-state index contributed by atoms with van der Waals surface area (Å²) in [4.78, 5) is 12.9. The number of hydrogen-bond acceptors (Lipinski definition) is 1. The molecule has 0 fully saturated rings. The Labute approximate surface area is 146 Å². The molecule has 0 atom stereocenters. The third kappa shape index (κ3) is 2.01. The summed E-state index contributed by atoms with van der Waals surface area (Å²) in [5.41, 5.74) is 6.87. The number of hydrogen-bond donors (Lipinski definition) is 0. The monoisotopic (exact) mass is 321 g/mol. The van der Waals surface area contributed by atoms with E-state index >= 15 is 0 Å². The van der Waals surface area contributed by atoms with E-state index in [2.05, 4.69) is 28.8 Å². The van der Waals surface area contributed by atoms with Gasteiger partial charge in [0, 0.05) is 28.6 Å². The molecule has 1 aromatic heterocycles. The zero-order chi connectivity index (χ0) is 16.8. The van der Waals surface area contributed by atoms with E-state index in [1.54, 1.807) is 0 Å². The third-order valence-electron chi connectivity index (χ3n) is 4.77. The maximum atomic E-state index is 12.9. The highest BCUT2D eigenvalue weighted by Gasteiger charge is 2.32. The Morgan fingerprint density at radius 1 is 0.600 bits per heavy atom. The minimum atomic E-state index is 0.109. The highest BCUT2D eigenvalue weighted by molar-refractivity contribution is 6.23. The summed E-state index contributed by atoms with van der Waals surface area (Å²) in [7, 11) is 0. The highest BCUT2D eigenvalue weighted by Crippen LogP contribution is 2.45. The Bertz CT molecular complexity index is 1090. The van der Waals surface area contributed by atoms with Gasteiger partial charge in [-0.3, -0.25) is 4.79 Å². The molecular formula is C23H15NO. The first kappa shape index (κ1) is 14.0. The van der Waals surface area contributed by atoms with Gasteiger partial charge in [-0.05, 0) is 23.3 Å². The number of benzene rings is 3. The van der Waals surface area contributed by atoms with Crippen LogP contribution in [0.2, 0.25) is 0 Å². The van der Waals surface area contributed by atoms with Crippen molar-refractivity contribution in [3.63, 3.8) is 0 Å². The van der Waals surface area contributed by atoms with Crippen molar-refractivity contribution in [2.45, 2.75) is 0 Å². The van der Waals surface area contributed by atoms with Crippen LogP contribution in [0.4, 0.5) is 0 Å². The molecule has 0 amide bonds. The van der Waals surface area contributed by atoms with Crippen molar-refractivity contribution in [1.29, 1.82) is 0 Å². The van der Waals surface area contributed by atoms with Gasteiger partial charge in [-0.1, -0.05) is 72.8 Å². The second kappa shape index (κ2) is 5.32. The Morgan fingerprint density at radius 2 is 1.20 bits per heavy atom. The number of fused-ring (bicyclic) bond motifs is 3. The lowest BCUT2D eigenvalue weighted by Gasteiger charge is -2.12. The maximum absolute atomic E-state index is 12.9. The van der Waals surface area contributed by atoms with Gasteiger partial charge in [0.15, 0.2) is 5.78 Å². The fourth-order valence-electron chi connectivity index (χ4n) is 3.67. The maximum Gasteiger partial charge on any atom is 0.195 e. The molecule has 0 unspecified atom stereocenters. The average molecular weight is 321 g/mol. The smallest absolute Gasteiger partial charge is 0.195 e. The highest BCUT2D eigenvalue weighted by atomic mass is 16.1. The largest absolute Gasteiger partial charge is 0.315 e. The summed E-state index contributed by atoms with van der Waals surface area (Å²) < 4.78 is 2.13. The standard InChI is InChI=1S/C23H15NO/c25-23-19-14-8-7-13-18(19)21-20(23)15-24(17-11-5-2-6-12-17)22(21)16-9-3-1-4-10-16/h1-15H. The topological polar surface area (TPSA) is 22.0 Å². The van der Waals surface area contributed by atoms with Crippen molar-refractivity contribution in [2.75, 3.05) is 0 Å². The number of nitrogens with zero attached hydrogens (tertiary/aromatic N) is 1. The summed E-state index contributed by atoms with van der Waals surface area (Å²) in [5, 5.41) is 0. The molecule has 0 bridgehead atoms. The minimum Gasteiger partial charge on any atom is -0.315 e. The van der Waals surface area contributed by atoms with Gasteiger partial charge in [0.05, 0.1) is 5.69 Å². The van der Waals surface area contributed by atoms with Crippen LogP contribution in [-0.4, -0.2) is 10.4 Å². The number of carbonyl (C=O) groups excluding carboxylic acids is 1. The van der Waals surface area contributed by atoms with Gasteiger partial charge >= 0.3 is 0 Å². The summed E-state index contributed by atoms with van der Waals surface area (Å²) in [6.07, 6.45) is 1.98. The van der Waals surface area contributed by atoms with Gasteiger partial charge in [0.2, 0.25) is 0 Å². The first-order valence-corrected chi connectivity index (χ1v) is 8.35. The van der Waals surface area contributed by atoms with Crippen LogP contribution < -0.4 is 0 Å². The van der Waals surface area contributed by atoms with Gasteiger partial charge in [-0.15, -0.1) is 0 Å². The predicted octanol–water partition coefficient (Wildman–Crippen LogP) is 5.36. The van der Waals surface area contributed by atoms with Crippen LogP contribution in [0.5, 0.6) is 0 Å². The summed E-state index contributed by atoms with van der Waals surface area (Å²) in [5.74, 6) is 0.109. The van der Waals surface area contributed by atoms with Crippen molar-refractivity contribution in [3.8, 4) is 28.1 Å². The van der Waals surface area contributed by atoms with Crippen LogP contribution in [-0.2, 0) is 0 Å². The van der Waals surface area contributed by atoms with Crippen molar-refractivity contribution in [1.82, 2.24) is 4.57 Å². The number of para-hydroxylation sites is 1. The Kier molecular flexibility index (Phi) is 2.98. The zero-order valence-corrected chi connectivity index (χ0v) is 13.5. The SMILES string of the molecule is O=C1c2ccccc2-c2c1cn(-c1ccccc1)c2-c1ccccc1. The van der Waals surface area contributed by atoms with E-state index in [9.17, 15) is 4.79 Å². The van der Waals surface area contributed by atoms with Crippen LogP contribution in [0.25, 0.3) is 28.1 Å². The van der Waals surface area contributed by atoms with Crippen molar-refractivity contribution in [2.24, 2.45) is 0 Å². The number of rotatable bonds is 2. The molecule has 1 aliphatic rings. The van der Waals surface area contributed by atoms with Crippen LogP contribution in [0.1, 0.15) is 15.9 Å². The second-order valence-electron chi connectivity index (χ2n) is 6.21. The normalized spacial score (nSPS) is 12.1. The van der Waals surface area contributed by atoms with Gasteiger partial charge in [0.1, 0.15) is 0 Å². The molecule has 0 spiro atoms. The molecule has 4 aromatic rings. The molecule has 1 aliphatic carbocycles. The Balaban J connectivity index is 1.88. The lowest BCUT2D eigenvalue weighted by molar-refractivity contribution is 0.104. The first-order valence-electron chi connectivity index (χ1n) is 8.35. The lowest BCUT2D eigenvalue weighted by Crippen LogP contribution is -1.99. The predicted molar refractivity (Wildman–Crippen MR) is 100 cm³/mol. The molecule has 118 valence electrons. The van der Waals surface area contributed by atoms with E-state index in [0.717, 1.165) is 39.2 Å². The Morgan fingerprint density at radius 3 is 1.92 bits per heavy atom. The van der Waals surface area contributed by atoms with Gasteiger partial charge in [-0.2, -0.15) is 0 Å². The van der Waals surface area contributed by atoms with E-state index in [0.29, 0.717) is 0 Å². The number of aromatic nitrogens is 1. The molecule has 2 heteroatoms. The summed E-state index contributed by atoms with van der Waals surface area (Å²) in [6.45, 7) is 0. The minimum absolute atomic E-state index is 0.109. The van der Waals surface area contributed by atoms with Gasteiger partial charge in [-0.25, -0.2) is 0 Å². The molecule has 0 saturated heterocycles. The second-order valence-corrected chi connectivity index (χ2v) is 6.21. The molecule has 2 nitrogen and oxygen atoms in total. The van der Waals surface area contributed by atoms with Crippen LogP contribution in [0, 0.1) is 0 Å². The fraction of sp³-hybridized carbons (Fsp3) is 0. The van der Waals surface area contributed by atoms with Gasteiger partial charge in [0.25, 0.3) is 0 Å². The van der Waals surface area contributed by atoms with Gasteiger partial charge < -0.3 is 4.57 Å². The van der Waals surface area contributed by atoms with Crippen LogP contribution in [0.3, 0.4) is 0 Å². The molecule has 0 radical (unpaired) electrons. The van der Waals surface area contributed by atoms with E-state index in [4.69, 9.17) is 0 Å². The third-order valence-corrected chi connectivity index (χ3v) is 4.77. The number of carbonyl (C=O) groups is 1. The molecule has 3 aromatic carbocycles. The molecule has 5 rings (SSSR count). The first-order chi connectivity index (χ1) is 12.3. The van der Waals surface area contributed by atoms with E-state index in [1.807, 2.05) is 66.9 Å². The van der Waals surface area contributed by atoms with Crippen molar-refractivity contribution >= 4 is 5.78 Å². The summed E-state index contributed by atoms with van der Waals surface area (Å²) in [6, 6.07) is 28.3. The van der Waals surface area contributed by atoms with E-state index in [1.165, 1.54) is 0 Å². The summed E-state index contributed by atoms with van der Waals surface area (Å²) >= 11 is 0. The molecule has 0 aliphatic heterocycles. The van der Waals surface area contributed by atoms with E-state index in [-0.39, 0.29) is 5.78 Å². The fourth-order valence-corrected chi connectivity index (χ4v) is 3.67. The zero-order valence-electron chi connectivity index (χ0n) is 13.5.